The van der Waals surface area contributed by atoms with Crippen LogP contribution in [-0.4, -0.2) is 28.4 Å². The topological polar surface area (TPSA) is 79.3 Å². The number of carboxylic acids is 1. The van der Waals surface area contributed by atoms with E-state index in [2.05, 4.69) is 24.1 Å². The van der Waals surface area contributed by atoms with Gasteiger partial charge in [-0.3, -0.25) is 4.79 Å². The smallest absolute Gasteiger partial charge is 0.356 e. The summed E-state index contributed by atoms with van der Waals surface area (Å²) in [6.07, 6.45) is 0.970. The number of carbonyl (C=O) groups is 2. The molecule has 0 aliphatic heterocycles. The van der Waals surface area contributed by atoms with Gasteiger partial charge in [-0.05, 0) is 12.3 Å². The van der Waals surface area contributed by atoms with E-state index < -0.39 is 5.97 Å². The molecule has 6 heteroatoms. The average molecular weight is 256 g/mol. The largest absolute Gasteiger partial charge is 0.476 e. The van der Waals surface area contributed by atoms with Gasteiger partial charge in [-0.1, -0.05) is 25.2 Å². The van der Waals surface area contributed by atoms with Crippen molar-refractivity contribution in [1.82, 2.24) is 4.98 Å². The molecule has 0 fully saturated rings. The molecule has 0 aliphatic rings. The van der Waals surface area contributed by atoms with Gasteiger partial charge in [0.15, 0.2) is 16.6 Å². The van der Waals surface area contributed by atoms with Crippen LogP contribution < -0.4 is 5.32 Å². The van der Waals surface area contributed by atoms with Crippen LogP contribution in [-0.2, 0) is 0 Å². The van der Waals surface area contributed by atoms with Crippen molar-refractivity contribution >= 4 is 28.2 Å². The zero-order chi connectivity index (χ0) is 13.0. The lowest BCUT2D eigenvalue weighted by molar-refractivity contribution is 0.0687. The fraction of sp³-hybridized carbons (Fsp3) is 0.545. The zero-order valence-electron chi connectivity index (χ0n) is 10.1. The second kappa shape index (κ2) is 5.77. The lowest BCUT2D eigenvalue weighted by Crippen LogP contribution is -2.06. The molecule has 0 aromatic carbocycles. The molecule has 0 spiro atoms. The highest BCUT2D eigenvalue weighted by atomic mass is 32.1. The molecule has 0 aliphatic carbocycles. The molecule has 0 saturated heterocycles. The number of carbonyl (C=O) groups excluding carboxylic acids is 1. The SMILES string of the molecule is CC(=O)c1sc(NCCC(C)C)nc1C(=O)O. The Balaban J connectivity index is 2.78. The summed E-state index contributed by atoms with van der Waals surface area (Å²) in [6, 6.07) is 0. The number of Topliss-reactive ketones (excluding diaryl/α,β-unsaturated/α-hetero) is 1. The number of ketones is 1. The average Bonchev–Trinajstić information content (AvgIpc) is 2.61. The first-order chi connectivity index (χ1) is 7.91. The summed E-state index contributed by atoms with van der Waals surface area (Å²) in [6.45, 7) is 6.28. The van der Waals surface area contributed by atoms with E-state index in [0.29, 0.717) is 11.0 Å². The van der Waals surface area contributed by atoms with Crippen molar-refractivity contribution in [3.8, 4) is 0 Å². The molecule has 0 radical (unpaired) electrons. The third kappa shape index (κ3) is 3.81. The summed E-state index contributed by atoms with van der Waals surface area (Å²) in [5.41, 5.74) is -0.158. The highest BCUT2D eigenvalue weighted by Crippen LogP contribution is 2.23. The molecule has 17 heavy (non-hydrogen) atoms. The Hall–Kier alpha value is -1.43. The Kier molecular flexibility index (Phi) is 4.62. The standard InChI is InChI=1S/C11H16N2O3S/c1-6(2)4-5-12-11-13-8(10(15)16)9(17-11)7(3)14/h6H,4-5H2,1-3H3,(H,12,13)(H,15,16). The van der Waals surface area contributed by atoms with Gasteiger partial charge in [-0.25, -0.2) is 9.78 Å². The van der Waals surface area contributed by atoms with E-state index >= 15 is 0 Å². The van der Waals surface area contributed by atoms with Crippen LogP contribution in [0.4, 0.5) is 5.13 Å². The first kappa shape index (κ1) is 13.6. The second-order valence-electron chi connectivity index (χ2n) is 4.17. The number of hydrogen-bond acceptors (Lipinski definition) is 5. The molecule has 5 nitrogen and oxygen atoms in total. The minimum absolute atomic E-state index is 0.158. The number of aromatic nitrogens is 1. The summed E-state index contributed by atoms with van der Waals surface area (Å²) in [5.74, 6) is -0.867. The second-order valence-corrected chi connectivity index (χ2v) is 5.17. The van der Waals surface area contributed by atoms with Crippen LogP contribution in [0.5, 0.6) is 0 Å². The van der Waals surface area contributed by atoms with Crippen LogP contribution in [0.3, 0.4) is 0 Å². The highest BCUT2D eigenvalue weighted by molar-refractivity contribution is 7.17. The van der Waals surface area contributed by atoms with Crippen LogP contribution in [0, 0.1) is 5.92 Å². The minimum atomic E-state index is -1.16. The molecule has 0 atom stereocenters. The predicted molar refractivity (Wildman–Crippen MR) is 67.0 cm³/mol. The van der Waals surface area contributed by atoms with E-state index in [-0.39, 0.29) is 16.4 Å². The third-order valence-corrected chi connectivity index (χ3v) is 3.26. The number of hydrogen-bond donors (Lipinski definition) is 2. The van der Waals surface area contributed by atoms with Crippen molar-refractivity contribution in [3.05, 3.63) is 10.6 Å². The quantitative estimate of drug-likeness (QED) is 0.764. The summed E-state index contributed by atoms with van der Waals surface area (Å²) in [4.78, 5) is 26.2. The summed E-state index contributed by atoms with van der Waals surface area (Å²) in [5, 5.41) is 12.4. The van der Waals surface area contributed by atoms with Gasteiger partial charge < -0.3 is 10.4 Å². The Bertz CT molecular complexity index is 395. The molecule has 0 bridgehead atoms. The van der Waals surface area contributed by atoms with Gasteiger partial charge in [0.1, 0.15) is 4.88 Å². The van der Waals surface area contributed by atoms with E-state index in [1.165, 1.54) is 6.92 Å². The number of thiazole rings is 1. The lowest BCUT2D eigenvalue weighted by Gasteiger charge is -2.04. The van der Waals surface area contributed by atoms with Crippen LogP contribution >= 0.6 is 11.3 Å². The maximum atomic E-state index is 11.2. The first-order valence-electron chi connectivity index (χ1n) is 5.40. The summed E-state index contributed by atoms with van der Waals surface area (Å²) < 4.78 is 0. The van der Waals surface area contributed by atoms with Crippen molar-refractivity contribution in [2.45, 2.75) is 27.2 Å². The third-order valence-electron chi connectivity index (χ3n) is 2.15. The minimum Gasteiger partial charge on any atom is -0.476 e. The van der Waals surface area contributed by atoms with Gasteiger partial charge in [-0.2, -0.15) is 0 Å². The molecule has 1 aromatic heterocycles. The fourth-order valence-electron chi connectivity index (χ4n) is 1.25. The van der Waals surface area contributed by atoms with Gasteiger partial charge in [-0.15, -0.1) is 0 Å². The number of aromatic carboxylic acids is 1. The molecule has 0 unspecified atom stereocenters. The molecular weight excluding hydrogens is 240 g/mol. The number of anilines is 1. The maximum Gasteiger partial charge on any atom is 0.356 e. The van der Waals surface area contributed by atoms with Crippen molar-refractivity contribution < 1.29 is 14.7 Å². The Morgan fingerprint density at radius 2 is 2.12 bits per heavy atom. The zero-order valence-corrected chi connectivity index (χ0v) is 10.9. The van der Waals surface area contributed by atoms with Crippen LogP contribution in [0.2, 0.25) is 0 Å². The Labute approximate surface area is 104 Å². The van der Waals surface area contributed by atoms with Crippen molar-refractivity contribution in [1.29, 1.82) is 0 Å². The highest BCUT2D eigenvalue weighted by Gasteiger charge is 2.20. The predicted octanol–water partition coefficient (Wildman–Crippen LogP) is 2.50. The summed E-state index contributed by atoms with van der Waals surface area (Å²) in [7, 11) is 0. The molecule has 0 amide bonds. The van der Waals surface area contributed by atoms with Crippen molar-refractivity contribution in [3.63, 3.8) is 0 Å². The molecular formula is C11H16N2O3S. The maximum absolute atomic E-state index is 11.2. The number of nitrogens with one attached hydrogen (secondary N) is 1. The van der Waals surface area contributed by atoms with E-state index in [1.54, 1.807) is 0 Å². The number of rotatable bonds is 6. The van der Waals surface area contributed by atoms with E-state index in [4.69, 9.17) is 5.11 Å². The van der Waals surface area contributed by atoms with Crippen LogP contribution in [0.1, 0.15) is 47.4 Å². The number of nitrogens with zero attached hydrogens (tertiary/aromatic N) is 1. The summed E-state index contributed by atoms with van der Waals surface area (Å²) >= 11 is 1.10. The Morgan fingerprint density at radius 3 is 2.53 bits per heavy atom. The lowest BCUT2D eigenvalue weighted by atomic mass is 10.1. The van der Waals surface area contributed by atoms with Crippen molar-refractivity contribution in [2.75, 3.05) is 11.9 Å². The van der Waals surface area contributed by atoms with Gasteiger partial charge in [0.25, 0.3) is 0 Å². The van der Waals surface area contributed by atoms with Gasteiger partial charge in [0.2, 0.25) is 0 Å². The molecule has 94 valence electrons. The molecule has 2 N–H and O–H groups in total. The monoisotopic (exact) mass is 256 g/mol. The van der Waals surface area contributed by atoms with Gasteiger partial charge >= 0.3 is 5.97 Å². The van der Waals surface area contributed by atoms with E-state index in [0.717, 1.165) is 24.3 Å². The molecule has 0 saturated carbocycles. The molecule has 1 aromatic rings. The Morgan fingerprint density at radius 1 is 1.47 bits per heavy atom. The van der Waals surface area contributed by atoms with Gasteiger partial charge in [0.05, 0.1) is 0 Å². The van der Waals surface area contributed by atoms with E-state index in [1.807, 2.05) is 0 Å². The van der Waals surface area contributed by atoms with Crippen molar-refractivity contribution in [2.24, 2.45) is 5.92 Å². The van der Waals surface area contributed by atoms with Gasteiger partial charge in [0, 0.05) is 13.5 Å². The molecule has 1 rings (SSSR count). The van der Waals surface area contributed by atoms with Crippen LogP contribution in [0.25, 0.3) is 0 Å². The fourth-order valence-corrected chi connectivity index (χ4v) is 2.12. The molecule has 1 heterocycles. The first-order valence-corrected chi connectivity index (χ1v) is 6.22. The number of carboxylic acid groups (broad SMARTS) is 1. The van der Waals surface area contributed by atoms with Crippen LogP contribution in [0.15, 0.2) is 0 Å². The normalized spacial score (nSPS) is 10.6. The van der Waals surface area contributed by atoms with E-state index in [9.17, 15) is 9.59 Å².